The molecule has 0 bridgehead atoms. The molecule has 4 heterocycles. The minimum Gasteiger partial charge on any atom is -0.352 e. The van der Waals surface area contributed by atoms with Crippen LogP contribution in [0, 0.1) is 0 Å². The topological polar surface area (TPSA) is 174 Å². The maximum absolute atomic E-state index is 12.9. The van der Waals surface area contributed by atoms with Gasteiger partial charge in [-0.15, -0.1) is 0 Å². The molecule has 4 N–H and O–H groups in total. The first-order chi connectivity index (χ1) is 16.8. The Morgan fingerprint density at radius 3 is 2.66 bits per heavy atom. The lowest BCUT2D eigenvalue weighted by molar-refractivity contribution is -0.136. The number of piperidine rings is 1. The van der Waals surface area contributed by atoms with Gasteiger partial charge in [0.25, 0.3) is 17.7 Å². The predicted molar refractivity (Wildman–Crippen MR) is 120 cm³/mol. The number of nitrogens with zero attached hydrogens (tertiary/aromatic N) is 2. The number of rotatable bonds is 6. The van der Waals surface area contributed by atoms with Gasteiger partial charge in [0.05, 0.1) is 33.9 Å². The number of aromatic amines is 2. The molecule has 12 nitrogen and oxygen atoms in total. The quantitative estimate of drug-likeness (QED) is 0.286. The van der Waals surface area contributed by atoms with Gasteiger partial charge in [-0.1, -0.05) is 6.07 Å². The molecule has 5 rings (SSSR count). The molecule has 12 heteroatoms. The maximum atomic E-state index is 12.9. The molecule has 178 valence electrons. The van der Waals surface area contributed by atoms with Crippen LogP contribution < -0.4 is 16.3 Å². The minimum absolute atomic E-state index is 0.0610. The van der Waals surface area contributed by atoms with E-state index in [4.69, 9.17) is 0 Å². The summed E-state index contributed by atoms with van der Waals surface area (Å²) in [5.74, 6) is -2.57. The number of pyridine rings is 1. The minimum atomic E-state index is -1.01. The highest BCUT2D eigenvalue weighted by atomic mass is 16.2. The second-order valence-electron chi connectivity index (χ2n) is 8.38. The van der Waals surface area contributed by atoms with E-state index < -0.39 is 35.4 Å². The van der Waals surface area contributed by atoms with Crippen LogP contribution in [0.4, 0.5) is 0 Å². The molecule has 1 saturated heterocycles. The first-order valence-corrected chi connectivity index (χ1v) is 11.0. The Hall–Kier alpha value is -4.61. The van der Waals surface area contributed by atoms with Crippen molar-refractivity contribution in [3.8, 4) is 0 Å². The highest BCUT2D eigenvalue weighted by Gasteiger charge is 2.44. The summed E-state index contributed by atoms with van der Waals surface area (Å²) in [5, 5.41) is 4.95. The van der Waals surface area contributed by atoms with Crippen molar-refractivity contribution in [2.24, 2.45) is 0 Å². The molecular formula is C23H20N6O6. The standard InChI is InChI=1S/C23H20N6O6/c30-17-6-5-16(20(32)27-17)29-21(33)12-4-3-11(8-13(12)22(29)34)2-1-7-25-19(31)14-9-24-10-15-18(14)28-23(35)26-15/h3-4,8-10,16H,1-2,5-7H2,(H,25,31)(H2,26,28,35)(H,27,30,32). The highest BCUT2D eigenvalue weighted by molar-refractivity contribution is 6.23. The number of aromatic nitrogens is 3. The average Bonchev–Trinajstić information content (AvgIpc) is 3.33. The Morgan fingerprint density at radius 2 is 1.86 bits per heavy atom. The molecule has 1 atom stereocenters. The molecule has 0 radical (unpaired) electrons. The fourth-order valence-electron chi connectivity index (χ4n) is 4.39. The van der Waals surface area contributed by atoms with Gasteiger partial charge in [-0.25, -0.2) is 4.79 Å². The third kappa shape index (κ3) is 3.98. The fraction of sp³-hybridized carbons (Fsp3) is 0.261. The van der Waals surface area contributed by atoms with Gasteiger partial charge in [0.2, 0.25) is 11.8 Å². The number of H-pyrrole nitrogens is 2. The zero-order chi connectivity index (χ0) is 24.7. The summed E-state index contributed by atoms with van der Waals surface area (Å²) < 4.78 is 0. The average molecular weight is 476 g/mol. The number of nitrogens with one attached hydrogen (secondary N) is 4. The Labute approximate surface area is 197 Å². The van der Waals surface area contributed by atoms with E-state index in [0.29, 0.717) is 30.4 Å². The monoisotopic (exact) mass is 476 g/mol. The van der Waals surface area contributed by atoms with Crippen LogP contribution in [0.5, 0.6) is 0 Å². The van der Waals surface area contributed by atoms with Gasteiger partial charge in [-0.2, -0.15) is 0 Å². The number of hydrogen-bond donors (Lipinski definition) is 4. The number of imide groups is 2. The van der Waals surface area contributed by atoms with Crippen molar-refractivity contribution in [2.75, 3.05) is 6.54 Å². The second-order valence-corrected chi connectivity index (χ2v) is 8.38. The van der Waals surface area contributed by atoms with Crippen LogP contribution in [-0.4, -0.2) is 62.0 Å². The molecule has 1 unspecified atom stereocenters. The molecule has 5 amide bonds. The van der Waals surface area contributed by atoms with Crippen molar-refractivity contribution in [1.29, 1.82) is 0 Å². The molecule has 3 aromatic rings. The van der Waals surface area contributed by atoms with Crippen LogP contribution in [0.25, 0.3) is 11.0 Å². The number of amides is 5. The van der Waals surface area contributed by atoms with Gasteiger partial charge in [-0.05, 0) is 37.0 Å². The smallest absolute Gasteiger partial charge is 0.323 e. The number of carbonyl (C=O) groups excluding carboxylic acids is 5. The van der Waals surface area contributed by atoms with Crippen LogP contribution in [0.3, 0.4) is 0 Å². The molecular weight excluding hydrogens is 456 g/mol. The molecule has 0 spiro atoms. The van der Waals surface area contributed by atoms with Crippen LogP contribution in [0.2, 0.25) is 0 Å². The van der Waals surface area contributed by atoms with Crippen LogP contribution in [-0.2, 0) is 16.0 Å². The van der Waals surface area contributed by atoms with E-state index >= 15 is 0 Å². The van der Waals surface area contributed by atoms with Crippen molar-refractivity contribution >= 4 is 40.6 Å². The van der Waals surface area contributed by atoms with Crippen molar-refractivity contribution in [2.45, 2.75) is 31.7 Å². The zero-order valence-corrected chi connectivity index (χ0v) is 18.3. The number of benzene rings is 1. The Morgan fingerprint density at radius 1 is 1.06 bits per heavy atom. The lowest BCUT2D eigenvalue weighted by atomic mass is 10.0. The summed E-state index contributed by atoms with van der Waals surface area (Å²) in [6, 6.07) is 3.91. The van der Waals surface area contributed by atoms with Gasteiger partial charge >= 0.3 is 5.69 Å². The molecule has 2 aromatic heterocycles. The number of imidazole rings is 1. The van der Waals surface area contributed by atoms with Crippen molar-refractivity contribution < 1.29 is 24.0 Å². The molecule has 2 aliphatic rings. The summed E-state index contributed by atoms with van der Waals surface area (Å²) in [6.45, 7) is 0.330. The van der Waals surface area contributed by atoms with Gasteiger partial charge in [-0.3, -0.25) is 39.2 Å². The third-order valence-electron chi connectivity index (χ3n) is 6.11. The molecule has 1 aromatic carbocycles. The van der Waals surface area contributed by atoms with Crippen molar-refractivity contribution in [3.63, 3.8) is 0 Å². The van der Waals surface area contributed by atoms with Gasteiger partial charge in [0.1, 0.15) is 6.04 Å². The van der Waals surface area contributed by atoms with E-state index in [-0.39, 0.29) is 35.4 Å². The van der Waals surface area contributed by atoms with Crippen LogP contribution in [0.15, 0.2) is 35.4 Å². The fourth-order valence-corrected chi connectivity index (χ4v) is 4.39. The molecule has 2 aliphatic heterocycles. The number of aryl methyl sites for hydroxylation is 1. The van der Waals surface area contributed by atoms with Crippen molar-refractivity contribution in [3.05, 3.63) is 63.3 Å². The van der Waals surface area contributed by atoms with E-state index in [0.717, 1.165) is 10.5 Å². The number of carbonyl (C=O) groups is 5. The first kappa shape index (κ1) is 22.2. The summed E-state index contributed by atoms with van der Waals surface area (Å²) in [4.78, 5) is 83.3. The second kappa shape index (κ2) is 8.63. The normalized spacial score (nSPS) is 17.6. The molecule has 1 fully saturated rings. The van der Waals surface area contributed by atoms with E-state index in [1.165, 1.54) is 12.4 Å². The largest absolute Gasteiger partial charge is 0.352 e. The zero-order valence-electron chi connectivity index (χ0n) is 18.3. The van der Waals surface area contributed by atoms with Crippen LogP contribution in [0.1, 0.15) is 55.9 Å². The summed E-state index contributed by atoms with van der Waals surface area (Å²) in [5.41, 5.74) is 1.87. The summed E-state index contributed by atoms with van der Waals surface area (Å²) in [6.07, 6.45) is 4.06. The lowest BCUT2D eigenvalue weighted by Crippen LogP contribution is -2.54. The Balaban J connectivity index is 1.21. The highest BCUT2D eigenvalue weighted by Crippen LogP contribution is 2.28. The van der Waals surface area contributed by atoms with E-state index in [1.807, 2.05) is 0 Å². The van der Waals surface area contributed by atoms with Gasteiger partial charge in [0, 0.05) is 19.2 Å². The van der Waals surface area contributed by atoms with E-state index in [2.05, 4.69) is 25.6 Å². The van der Waals surface area contributed by atoms with Crippen LogP contribution >= 0.6 is 0 Å². The summed E-state index contributed by atoms with van der Waals surface area (Å²) in [7, 11) is 0. The maximum Gasteiger partial charge on any atom is 0.323 e. The number of fused-ring (bicyclic) bond motifs is 2. The molecule has 0 saturated carbocycles. The predicted octanol–water partition coefficient (Wildman–Crippen LogP) is 0.0150. The van der Waals surface area contributed by atoms with Crippen molar-refractivity contribution in [1.82, 2.24) is 30.5 Å². The lowest BCUT2D eigenvalue weighted by Gasteiger charge is -2.27. The SMILES string of the molecule is O=C1CCC(N2C(=O)c3ccc(CCCNC(=O)c4cncc5[nH]c(=O)[nH]c45)cc3C2=O)C(=O)N1. The number of hydrogen-bond acceptors (Lipinski definition) is 7. The third-order valence-corrected chi connectivity index (χ3v) is 6.11. The molecule has 35 heavy (non-hydrogen) atoms. The summed E-state index contributed by atoms with van der Waals surface area (Å²) >= 11 is 0. The van der Waals surface area contributed by atoms with Gasteiger partial charge < -0.3 is 15.3 Å². The Kier molecular flexibility index (Phi) is 5.47. The first-order valence-electron chi connectivity index (χ1n) is 11.0. The molecule has 0 aliphatic carbocycles. The Bertz CT molecular complexity index is 1470. The van der Waals surface area contributed by atoms with Gasteiger partial charge in [0.15, 0.2) is 0 Å². The van der Waals surface area contributed by atoms with E-state index in [1.54, 1.807) is 18.2 Å². The van der Waals surface area contributed by atoms with E-state index in [9.17, 15) is 28.8 Å².